The standard InChI is InChI=1S/C14H18N2O/c1-17-14-6-5-11(4-2-3-8-15)13-10-16-9-7-12(13)14/h5-7,9-10H,2-4,8,15H2,1H3. The highest BCUT2D eigenvalue weighted by molar-refractivity contribution is 5.90. The number of ether oxygens (including phenoxy) is 1. The Kier molecular flexibility index (Phi) is 3.94. The zero-order valence-corrected chi connectivity index (χ0v) is 10.1. The molecule has 0 unspecified atom stereocenters. The summed E-state index contributed by atoms with van der Waals surface area (Å²) in [6.45, 7) is 0.756. The first-order chi connectivity index (χ1) is 8.36. The fraction of sp³-hybridized carbons (Fsp3) is 0.357. The summed E-state index contributed by atoms with van der Waals surface area (Å²) in [6.07, 6.45) is 6.94. The van der Waals surface area contributed by atoms with Crippen LogP contribution in [-0.2, 0) is 6.42 Å². The van der Waals surface area contributed by atoms with Crippen molar-refractivity contribution in [3.63, 3.8) is 0 Å². The Morgan fingerprint density at radius 3 is 2.82 bits per heavy atom. The van der Waals surface area contributed by atoms with Gasteiger partial charge in [0.05, 0.1) is 7.11 Å². The van der Waals surface area contributed by atoms with Gasteiger partial charge in [-0.2, -0.15) is 0 Å². The molecule has 2 rings (SSSR count). The van der Waals surface area contributed by atoms with Gasteiger partial charge in [0.2, 0.25) is 0 Å². The highest BCUT2D eigenvalue weighted by Crippen LogP contribution is 2.28. The van der Waals surface area contributed by atoms with Crippen molar-refractivity contribution in [2.24, 2.45) is 5.73 Å². The number of aromatic nitrogens is 1. The molecule has 3 nitrogen and oxygen atoms in total. The number of hydrogen-bond acceptors (Lipinski definition) is 3. The molecule has 2 N–H and O–H groups in total. The van der Waals surface area contributed by atoms with Crippen LogP contribution in [0.25, 0.3) is 10.8 Å². The van der Waals surface area contributed by atoms with Crippen molar-refractivity contribution in [3.8, 4) is 5.75 Å². The maximum atomic E-state index is 5.52. The maximum Gasteiger partial charge on any atom is 0.126 e. The van der Waals surface area contributed by atoms with E-state index in [9.17, 15) is 0 Å². The minimum Gasteiger partial charge on any atom is -0.496 e. The monoisotopic (exact) mass is 230 g/mol. The fourth-order valence-electron chi connectivity index (χ4n) is 2.08. The first-order valence-electron chi connectivity index (χ1n) is 5.96. The molecule has 17 heavy (non-hydrogen) atoms. The first kappa shape index (κ1) is 11.9. The summed E-state index contributed by atoms with van der Waals surface area (Å²) in [5.74, 6) is 0.907. The van der Waals surface area contributed by atoms with E-state index >= 15 is 0 Å². The Bertz CT molecular complexity index is 497. The molecule has 0 aliphatic heterocycles. The molecule has 0 bridgehead atoms. The van der Waals surface area contributed by atoms with Crippen LogP contribution in [0.15, 0.2) is 30.6 Å². The third-order valence-corrected chi connectivity index (χ3v) is 2.99. The third-order valence-electron chi connectivity index (χ3n) is 2.99. The van der Waals surface area contributed by atoms with E-state index in [1.165, 1.54) is 10.9 Å². The molecule has 1 aromatic carbocycles. The Labute approximate surface area is 102 Å². The normalized spacial score (nSPS) is 10.7. The van der Waals surface area contributed by atoms with Gasteiger partial charge in [-0.05, 0) is 43.5 Å². The van der Waals surface area contributed by atoms with Gasteiger partial charge in [-0.25, -0.2) is 0 Å². The summed E-state index contributed by atoms with van der Waals surface area (Å²) in [5.41, 5.74) is 6.84. The van der Waals surface area contributed by atoms with E-state index in [4.69, 9.17) is 10.5 Å². The summed E-state index contributed by atoms with van der Waals surface area (Å²) < 4.78 is 5.36. The van der Waals surface area contributed by atoms with Crippen molar-refractivity contribution in [1.82, 2.24) is 4.98 Å². The molecule has 2 aromatic rings. The summed E-state index contributed by atoms with van der Waals surface area (Å²) in [6, 6.07) is 6.15. The lowest BCUT2D eigenvalue weighted by molar-refractivity contribution is 0.419. The topological polar surface area (TPSA) is 48.1 Å². The van der Waals surface area contributed by atoms with Crippen molar-refractivity contribution in [1.29, 1.82) is 0 Å². The van der Waals surface area contributed by atoms with E-state index in [-0.39, 0.29) is 0 Å². The third kappa shape index (κ3) is 2.56. The Morgan fingerprint density at radius 1 is 1.18 bits per heavy atom. The molecule has 0 saturated carbocycles. The van der Waals surface area contributed by atoms with Crippen LogP contribution in [0.1, 0.15) is 18.4 Å². The van der Waals surface area contributed by atoms with Crippen molar-refractivity contribution in [2.75, 3.05) is 13.7 Å². The van der Waals surface area contributed by atoms with Gasteiger partial charge in [-0.15, -0.1) is 0 Å². The fourth-order valence-corrected chi connectivity index (χ4v) is 2.08. The molecule has 0 fully saturated rings. The summed E-state index contributed by atoms with van der Waals surface area (Å²) in [5, 5.41) is 2.32. The number of methoxy groups -OCH3 is 1. The molecule has 1 heterocycles. The zero-order chi connectivity index (χ0) is 12.1. The van der Waals surface area contributed by atoms with E-state index in [1.54, 1.807) is 13.3 Å². The Hall–Kier alpha value is -1.61. The number of nitrogens with zero attached hydrogens (tertiary/aromatic N) is 1. The van der Waals surface area contributed by atoms with Crippen LogP contribution < -0.4 is 10.5 Å². The van der Waals surface area contributed by atoms with Gasteiger partial charge < -0.3 is 10.5 Å². The van der Waals surface area contributed by atoms with E-state index < -0.39 is 0 Å². The Balaban J connectivity index is 2.37. The van der Waals surface area contributed by atoms with Crippen LogP contribution in [0, 0.1) is 0 Å². The summed E-state index contributed by atoms with van der Waals surface area (Å²) in [4.78, 5) is 4.20. The van der Waals surface area contributed by atoms with Crippen molar-refractivity contribution in [3.05, 3.63) is 36.2 Å². The molecule has 0 radical (unpaired) electrons. The van der Waals surface area contributed by atoms with Gasteiger partial charge in [0, 0.05) is 23.2 Å². The SMILES string of the molecule is COc1ccc(CCCCN)c2cnccc12. The van der Waals surface area contributed by atoms with E-state index in [0.29, 0.717) is 0 Å². The number of rotatable bonds is 5. The number of nitrogens with two attached hydrogens (primary N) is 1. The van der Waals surface area contributed by atoms with E-state index in [0.717, 1.165) is 36.9 Å². The van der Waals surface area contributed by atoms with Crippen molar-refractivity contribution in [2.45, 2.75) is 19.3 Å². The van der Waals surface area contributed by atoms with Crippen LogP contribution in [0.4, 0.5) is 0 Å². The molecular weight excluding hydrogens is 212 g/mol. The minimum absolute atomic E-state index is 0.756. The molecule has 0 atom stereocenters. The molecule has 1 aromatic heterocycles. The molecule has 3 heteroatoms. The lowest BCUT2D eigenvalue weighted by Crippen LogP contribution is -1.99. The highest BCUT2D eigenvalue weighted by atomic mass is 16.5. The molecule has 0 aliphatic rings. The van der Waals surface area contributed by atoms with Crippen LogP contribution in [0.2, 0.25) is 0 Å². The highest BCUT2D eigenvalue weighted by Gasteiger charge is 2.05. The number of fused-ring (bicyclic) bond motifs is 1. The van der Waals surface area contributed by atoms with Crippen LogP contribution in [-0.4, -0.2) is 18.6 Å². The van der Waals surface area contributed by atoms with Crippen LogP contribution in [0.3, 0.4) is 0 Å². The minimum atomic E-state index is 0.756. The Morgan fingerprint density at radius 2 is 2.06 bits per heavy atom. The van der Waals surface area contributed by atoms with Gasteiger partial charge in [0.25, 0.3) is 0 Å². The van der Waals surface area contributed by atoms with Gasteiger partial charge in [-0.1, -0.05) is 6.07 Å². The molecule has 0 spiro atoms. The van der Waals surface area contributed by atoms with E-state index in [2.05, 4.69) is 11.1 Å². The molecule has 90 valence electrons. The lowest BCUT2D eigenvalue weighted by Gasteiger charge is -2.09. The van der Waals surface area contributed by atoms with Crippen molar-refractivity contribution >= 4 is 10.8 Å². The predicted molar refractivity (Wildman–Crippen MR) is 70.3 cm³/mol. The smallest absolute Gasteiger partial charge is 0.126 e. The molecule has 0 aliphatic carbocycles. The quantitative estimate of drug-likeness (QED) is 0.803. The number of unbranched alkanes of at least 4 members (excludes halogenated alkanes) is 1. The number of aryl methyl sites for hydroxylation is 1. The van der Waals surface area contributed by atoms with Gasteiger partial charge in [0.15, 0.2) is 0 Å². The summed E-state index contributed by atoms with van der Waals surface area (Å²) >= 11 is 0. The zero-order valence-electron chi connectivity index (χ0n) is 10.1. The first-order valence-corrected chi connectivity index (χ1v) is 5.96. The second-order valence-corrected chi connectivity index (χ2v) is 4.09. The van der Waals surface area contributed by atoms with Crippen LogP contribution >= 0.6 is 0 Å². The maximum absolute atomic E-state index is 5.52. The molecule has 0 saturated heterocycles. The average molecular weight is 230 g/mol. The second-order valence-electron chi connectivity index (χ2n) is 4.09. The number of hydrogen-bond donors (Lipinski definition) is 1. The van der Waals surface area contributed by atoms with Gasteiger partial charge >= 0.3 is 0 Å². The predicted octanol–water partition coefficient (Wildman–Crippen LogP) is 2.52. The van der Waals surface area contributed by atoms with Crippen LogP contribution in [0.5, 0.6) is 5.75 Å². The van der Waals surface area contributed by atoms with Crippen molar-refractivity contribution < 1.29 is 4.74 Å². The molecular formula is C14H18N2O. The average Bonchev–Trinajstić information content (AvgIpc) is 2.39. The van der Waals surface area contributed by atoms with E-state index in [1.807, 2.05) is 18.3 Å². The number of pyridine rings is 1. The van der Waals surface area contributed by atoms with Gasteiger partial charge in [-0.3, -0.25) is 4.98 Å². The second kappa shape index (κ2) is 5.64. The lowest BCUT2D eigenvalue weighted by atomic mass is 10.0. The summed E-state index contributed by atoms with van der Waals surface area (Å²) in [7, 11) is 1.70. The largest absolute Gasteiger partial charge is 0.496 e. The molecule has 0 amide bonds. The van der Waals surface area contributed by atoms with Gasteiger partial charge in [0.1, 0.15) is 5.75 Å². The number of benzene rings is 1.